The van der Waals surface area contributed by atoms with E-state index >= 15 is 0 Å². The van der Waals surface area contributed by atoms with Crippen molar-refractivity contribution in [3.63, 3.8) is 0 Å². The largest absolute Gasteiger partial charge is 0.755 e. The van der Waals surface area contributed by atoms with Crippen LogP contribution in [0.5, 0.6) is 11.5 Å². The summed E-state index contributed by atoms with van der Waals surface area (Å²) in [5.41, 5.74) is 15.3. The second-order valence-electron chi connectivity index (χ2n) is 31.1. The number of nitrogens with one attached hydrogen (secondary N) is 3. The summed E-state index contributed by atoms with van der Waals surface area (Å²) in [6.07, 6.45) is 8.68. The summed E-state index contributed by atoms with van der Waals surface area (Å²) in [5.74, 6) is 2.09. The highest BCUT2D eigenvalue weighted by Gasteiger charge is 2.37. The Balaban J connectivity index is 0.000000146. The third kappa shape index (κ3) is 31.5. The van der Waals surface area contributed by atoms with Crippen molar-refractivity contribution in [2.24, 2.45) is 0 Å². The molecule has 18 rings (SSSR count). The summed E-state index contributed by atoms with van der Waals surface area (Å²) >= 11 is 15.2. The number of rotatable bonds is 31. The lowest BCUT2D eigenvalue weighted by atomic mass is 10.0. The van der Waals surface area contributed by atoms with Crippen LogP contribution in [0.4, 0.5) is 123 Å². The van der Waals surface area contributed by atoms with Gasteiger partial charge >= 0.3 is 12.7 Å². The molecule has 4 aromatic heterocycles. The number of nitro groups is 3. The van der Waals surface area contributed by atoms with E-state index in [-0.39, 0.29) is 92.6 Å². The molecule has 5 saturated carbocycles. The zero-order valence-electron chi connectivity index (χ0n) is 71.1. The molecule has 1 unspecified atom stereocenters. The molecule has 5 aliphatic carbocycles. The summed E-state index contributed by atoms with van der Waals surface area (Å²) in [5, 5.41) is 38.0. The number of halogens is 10. The van der Waals surface area contributed by atoms with Crippen LogP contribution >= 0.6 is 34.8 Å². The van der Waals surface area contributed by atoms with Crippen LogP contribution in [0, 0.1) is 36.2 Å². The number of carbonyl (C=O) groups is 2. The fourth-order valence-corrected chi connectivity index (χ4v) is 14.3. The van der Waals surface area contributed by atoms with E-state index in [9.17, 15) is 79.4 Å². The van der Waals surface area contributed by atoms with Gasteiger partial charge < -0.3 is 54.7 Å². The number of anilines is 13. The number of nitrogens with two attached hydrogens (primary N) is 1. The van der Waals surface area contributed by atoms with Crippen LogP contribution in [-0.2, 0) is 46.5 Å². The monoisotopic (exact) mass is 1930 g/mol. The van der Waals surface area contributed by atoms with E-state index in [4.69, 9.17) is 40.5 Å². The highest BCUT2D eigenvalue weighted by Crippen LogP contribution is 2.43. The van der Waals surface area contributed by atoms with Crippen LogP contribution < -0.4 is 50.2 Å². The smallest absolute Gasteiger partial charge is 0.573 e. The average molecular weight is 1930 g/mol. The maximum Gasteiger partial charge on any atom is 0.573 e. The van der Waals surface area contributed by atoms with Crippen LogP contribution in [0.3, 0.4) is 0 Å². The van der Waals surface area contributed by atoms with Crippen LogP contribution in [0.15, 0.2) is 267 Å². The van der Waals surface area contributed by atoms with Gasteiger partial charge in [-0.3, -0.25) is 44.1 Å². The van der Waals surface area contributed by atoms with E-state index in [1.54, 1.807) is 79.4 Å². The predicted molar refractivity (Wildman–Crippen MR) is 497 cm³/mol. The fourth-order valence-electron chi connectivity index (χ4n) is 13.5. The Hall–Kier alpha value is -14.7. The molecular formula is C93H82Cl3F7N19O12S-. The number of alkyl halides is 6. The molecule has 13 aromatic rings. The minimum atomic E-state index is -4.76. The number of carbonyl (C=O) groups excluding carboxylic acids is 2. The number of nitrogen functional groups attached to an aromatic ring is 1. The standard InChI is InChI=1S/C29H26F3N5O4S.C23H19ClF3N3O2.C13H11ClN4O2.C13H13ClN4.C9H10N2O2.C6H4FNO2/c30-29(31,32)41-26-12-6-20(7-13-26)17-25(38)16-19-4-8-23(9-5-19)37(24-10-11-24)27-14-15-33-28(35-27)34-21-2-1-3-22(18-21)36-42(39)40;24-22-28-12-11-21(29-22)30(18-7-8-18)17-5-1-15(2-6-17)13-19(31)14-16-3-9-20(10-4-16)32-23(25,26)27;14-13-15-8-7-12(16-13)17(9-1-2-9)10-3-5-11(6-4-10)18(19)20;14-13-16-8-7-12(17-13)18(11-5-6-11)10-3-1-9(15)2-4-10;12-11(13)9-5-3-8(4-6-9)10-7-1-2-7;7-5-1-3-6(4-2-5)8(9)10/h1-9,12-15,18,24,36H,10-11,16-17H2,(H,39,40)(H,33,34,35);1-6,9-12,18H,7-8,13-14H2;3-9H,1-2H2;1-4,7-8,11H,5-6,15H2;3-7,10H,1-2H2;1-4H/p-1. The van der Waals surface area contributed by atoms with Crippen molar-refractivity contribution in [1.82, 2.24) is 39.9 Å². The third-order valence-electron chi connectivity index (χ3n) is 20.4. The highest BCUT2D eigenvalue weighted by atomic mass is 35.5. The van der Waals surface area contributed by atoms with Gasteiger partial charge in [0.2, 0.25) is 21.8 Å². The molecule has 5 fully saturated rings. The van der Waals surface area contributed by atoms with E-state index in [0.717, 1.165) is 120 Å². The molecule has 135 heavy (non-hydrogen) atoms. The number of ketones is 2. The molecule has 31 nitrogen and oxygen atoms in total. The van der Waals surface area contributed by atoms with Crippen molar-refractivity contribution in [1.29, 1.82) is 0 Å². The molecule has 5 aliphatic rings. The lowest BCUT2D eigenvalue weighted by Gasteiger charge is -2.24. The van der Waals surface area contributed by atoms with Crippen LogP contribution in [-0.4, -0.2) is 118 Å². The Kier molecular flexibility index (Phi) is 33.1. The third-order valence-corrected chi connectivity index (χ3v) is 21.3. The van der Waals surface area contributed by atoms with Crippen LogP contribution in [0.2, 0.25) is 15.9 Å². The summed E-state index contributed by atoms with van der Waals surface area (Å²) < 4.78 is 118. The minimum Gasteiger partial charge on any atom is -0.755 e. The molecule has 5 N–H and O–H groups in total. The number of aromatic nitrogens is 8. The Morgan fingerprint density at radius 3 is 1.05 bits per heavy atom. The fraction of sp³-hybridized carbons (Fsp3) is 0.226. The van der Waals surface area contributed by atoms with Gasteiger partial charge in [0, 0.05) is 174 Å². The van der Waals surface area contributed by atoms with Gasteiger partial charge in [-0.15, -0.1) is 26.3 Å². The second kappa shape index (κ2) is 45.6. The van der Waals surface area contributed by atoms with Gasteiger partial charge in [0.05, 0.1) is 14.8 Å². The first kappa shape index (κ1) is 97.8. The Morgan fingerprint density at radius 2 is 0.726 bits per heavy atom. The summed E-state index contributed by atoms with van der Waals surface area (Å²) in [7, 11) is 0. The van der Waals surface area contributed by atoms with E-state index in [2.05, 4.69) is 79.4 Å². The molecule has 0 radical (unpaired) electrons. The van der Waals surface area contributed by atoms with Crippen molar-refractivity contribution in [2.45, 2.75) is 133 Å². The lowest BCUT2D eigenvalue weighted by molar-refractivity contribution is -0.385. The topological polar surface area (TPSA) is 400 Å². The molecular weight excluding hydrogens is 1850 g/mol. The summed E-state index contributed by atoms with van der Waals surface area (Å²) in [6, 6.07) is 67.1. The van der Waals surface area contributed by atoms with Gasteiger partial charge in [-0.2, -0.15) is 4.98 Å². The Morgan fingerprint density at radius 1 is 0.415 bits per heavy atom. The number of hydrogen-bond donors (Lipinski definition) is 4. The number of Topliss-reactive ketones (excluding diaryl/α,β-unsaturated/α-hetero) is 2. The van der Waals surface area contributed by atoms with Gasteiger partial charge in [-0.1, -0.05) is 54.6 Å². The van der Waals surface area contributed by atoms with Crippen LogP contribution in [0.1, 0.15) is 86.5 Å². The van der Waals surface area contributed by atoms with Crippen molar-refractivity contribution in [2.75, 3.05) is 40.7 Å². The summed E-state index contributed by atoms with van der Waals surface area (Å²) in [4.78, 5) is 96.7. The predicted octanol–water partition coefficient (Wildman–Crippen LogP) is 21.9. The minimum absolute atomic E-state index is 0.0381. The molecule has 9 aromatic carbocycles. The van der Waals surface area contributed by atoms with Crippen molar-refractivity contribution >= 4 is 149 Å². The van der Waals surface area contributed by atoms with Crippen molar-refractivity contribution < 1.29 is 73.3 Å². The van der Waals surface area contributed by atoms with Gasteiger partial charge in [-0.25, -0.2) is 39.3 Å². The number of hydrogen-bond acceptors (Lipinski definition) is 27. The molecule has 0 bridgehead atoms. The van der Waals surface area contributed by atoms with E-state index < -0.39 is 39.7 Å². The van der Waals surface area contributed by atoms with E-state index in [1.807, 2.05) is 95.9 Å². The maximum absolute atomic E-state index is 12.6. The van der Waals surface area contributed by atoms with Crippen LogP contribution in [0.25, 0.3) is 0 Å². The lowest BCUT2D eigenvalue weighted by Crippen LogP contribution is -2.21. The number of benzene rings is 9. The van der Waals surface area contributed by atoms with Gasteiger partial charge in [-0.05, 0) is 273 Å². The molecule has 0 amide bonds. The van der Waals surface area contributed by atoms with Gasteiger partial charge in [0.15, 0.2) is 0 Å². The zero-order chi connectivity index (χ0) is 95.9. The first-order chi connectivity index (χ1) is 64.7. The van der Waals surface area contributed by atoms with Crippen molar-refractivity contribution in [3.8, 4) is 11.5 Å². The quantitative estimate of drug-likeness (QED) is 0.00783. The molecule has 0 aliphatic heterocycles. The molecule has 698 valence electrons. The molecule has 1 atom stereocenters. The SMILES string of the molecule is Nc1ccc(N(c2ccnc(Cl)n2)C2CC2)cc1.O=C(Cc1ccc(OC(F)(F)F)cc1)Cc1ccc(N(c2ccnc(Cl)n2)C2CC2)cc1.O=C(Cc1ccc(OC(F)(F)F)cc1)Cc1ccc(N(c2ccnc(Nc3cccc(NS(=O)[O-])c3)n2)C2CC2)cc1.O=[N+]([O-])c1ccc(F)cc1.O=[N+]([O-])c1ccc(N(c2ccnc(Cl)n2)C2CC2)cc1.O=[N+]([O-])c1ccc(NC2CC2)cc1. The molecule has 4 heterocycles. The molecule has 42 heteroatoms. The Labute approximate surface area is 784 Å². The van der Waals surface area contributed by atoms with E-state index in [1.165, 1.54) is 98.5 Å². The normalized spacial score (nSPS) is 13.7. The average Bonchev–Trinajstić information content (AvgIpc) is 1.70. The highest BCUT2D eigenvalue weighted by molar-refractivity contribution is 7.80. The summed E-state index contributed by atoms with van der Waals surface area (Å²) in [6.45, 7) is 0. The zero-order valence-corrected chi connectivity index (χ0v) is 74.1. The second-order valence-corrected chi connectivity index (χ2v) is 32.7. The first-order valence-corrected chi connectivity index (χ1v) is 44.0. The number of non-ortho nitro benzene ring substituents is 3. The number of ether oxygens (including phenoxy) is 2. The van der Waals surface area contributed by atoms with Gasteiger partial charge in [0.1, 0.15) is 52.2 Å². The van der Waals surface area contributed by atoms with Gasteiger partial charge in [0.25, 0.3) is 17.1 Å². The van der Waals surface area contributed by atoms with E-state index in [0.29, 0.717) is 64.3 Å². The number of nitrogens with zero attached hydrogens (tertiary/aromatic N) is 15. The van der Waals surface area contributed by atoms with Crippen molar-refractivity contribution in [3.05, 3.63) is 342 Å². The molecule has 0 spiro atoms. The Bertz CT molecular complexity index is 6240. The molecule has 0 saturated heterocycles. The first-order valence-electron chi connectivity index (χ1n) is 41.8. The number of nitro benzene ring substituents is 3. The maximum atomic E-state index is 12.6.